The van der Waals surface area contributed by atoms with E-state index in [0.717, 1.165) is 60.2 Å². The molecule has 1 saturated heterocycles. The van der Waals surface area contributed by atoms with Gasteiger partial charge < -0.3 is 4.90 Å². The minimum Gasteiger partial charge on any atom is -0.340 e. The maximum Gasteiger partial charge on any atom is 0.246 e. The third-order valence-corrected chi connectivity index (χ3v) is 5.30. The van der Waals surface area contributed by atoms with Gasteiger partial charge in [-0.25, -0.2) is 0 Å². The lowest BCUT2D eigenvalue weighted by atomic mass is 10.3. The van der Waals surface area contributed by atoms with E-state index in [4.69, 9.17) is 0 Å². The van der Waals surface area contributed by atoms with E-state index in [1.165, 1.54) is 4.80 Å². The Morgan fingerprint density at radius 2 is 1.85 bits per heavy atom. The van der Waals surface area contributed by atoms with Crippen LogP contribution in [0.25, 0.3) is 11.0 Å². The lowest BCUT2D eigenvalue weighted by Gasteiger charge is -2.21. The maximum atomic E-state index is 12.7. The molecule has 0 saturated carbocycles. The van der Waals surface area contributed by atoms with Crippen LogP contribution in [-0.4, -0.2) is 67.1 Å². The van der Waals surface area contributed by atoms with Crippen molar-refractivity contribution in [1.82, 2.24) is 35.0 Å². The molecule has 136 valence electrons. The van der Waals surface area contributed by atoms with Crippen molar-refractivity contribution in [3.05, 3.63) is 34.3 Å². The first-order valence-electron chi connectivity index (χ1n) is 8.76. The van der Waals surface area contributed by atoms with Gasteiger partial charge in [-0.05, 0) is 25.5 Å². The number of carbonyl (C=O) groups excluding carboxylic acids is 1. The maximum absolute atomic E-state index is 12.7. The van der Waals surface area contributed by atoms with Crippen LogP contribution in [0.1, 0.15) is 16.4 Å². The van der Waals surface area contributed by atoms with Gasteiger partial charge in [0.05, 0.1) is 6.54 Å². The van der Waals surface area contributed by atoms with E-state index in [9.17, 15) is 4.79 Å². The SMILES string of the molecule is Cc1nnc(CN2CCCN(C(=O)Cn3nc4ccccc4n3)CC2)s1. The predicted octanol–water partition coefficient (Wildman–Crippen LogP) is 1.33. The van der Waals surface area contributed by atoms with E-state index < -0.39 is 0 Å². The van der Waals surface area contributed by atoms with Crippen molar-refractivity contribution in [2.75, 3.05) is 26.2 Å². The van der Waals surface area contributed by atoms with Gasteiger partial charge in [0, 0.05) is 26.2 Å². The normalized spacial score (nSPS) is 16.1. The third kappa shape index (κ3) is 3.88. The van der Waals surface area contributed by atoms with Crippen LogP contribution < -0.4 is 0 Å². The summed E-state index contributed by atoms with van der Waals surface area (Å²) in [6.07, 6.45) is 0.956. The van der Waals surface area contributed by atoms with Crippen LogP contribution in [-0.2, 0) is 17.9 Å². The Hall–Kier alpha value is -2.39. The van der Waals surface area contributed by atoms with Gasteiger partial charge >= 0.3 is 0 Å². The largest absolute Gasteiger partial charge is 0.340 e. The van der Waals surface area contributed by atoms with Gasteiger partial charge in [0.2, 0.25) is 5.91 Å². The van der Waals surface area contributed by atoms with Crippen LogP contribution in [0.5, 0.6) is 0 Å². The molecule has 3 heterocycles. The number of aromatic nitrogens is 5. The number of fused-ring (bicyclic) bond motifs is 1. The van der Waals surface area contributed by atoms with Gasteiger partial charge in [-0.1, -0.05) is 12.1 Å². The summed E-state index contributed by atoms with van der Waals surface area (Å²) in [5.74, 6) is 0.0684. The van der Waals surface area contributed by atoms with Crippen LogP contribution >= 0.6 is 11.3 Å². The van der Waals surface area contributed by atoms with Crippen LogP contribution in [0.3, 0.4) is 0 Å². The van der Waals surface area contributed by atoms with Crippen molar-refractivity contribution >= 4 is 28.3 Å². The Balaban J connectivity index is 1.35. The fourth-order valence-electron chi connectivity index (χ4n) is 3.17. The fourth-order valence-corrected chi connectivity index (χ4v) is 3.92. The summed E-state index contributed by atoms with van der Waals surface area (Å²) < 4.78 is 0. The van der Waals surface area contributed by atoms with Gasteiger partial charge in [0.25, 0.3) is 0 Å². The monoisotopic (exact) mass is 371 g/mol. The minimum atomic E-state index is 0.0684. The summed E-state index contributed by atoms with van der Waals surface area (Å²) in [6, 6.07) is 7.66. The highest BCUT2D eigenvalue weighted by molar-refractivity contribution is 7.11. The standard InChI is InChI=1S/C17H21N7OS/c1-13-18-19-16(26-13)11-22-7-4-8-23(10-9-22)17(25)12-24-20-14-5-2-3-6-15(14)21-24/h2-3,5-6H,4,7-12H2,1H3. The van der Waals surface area contributed by atoms with Crippen molar-refractivity contribution < 1.29 is 4.79 Å². The molecule has 0 aliphatic carbocycles. The van der Waals surface area contributed by atoms with Crippen molar-refractivity contribution in [1.29, 1.82) is 0 Å². The Bertz CT molecular complexity index is 872. The zero-order chi connectivity index (χ0) is 17.9. The highest BCUT2D eigenvalue weighted by Gasteiger charge is 2.21. The Kier molecular flexibility index (Phi) is 4.89. The minimum absolute atomic E-state index is 0.0684. The third-order valence-electron chi connectivity index (χ3n) is 4.47. The van der Waals surface area contributed by atoms with E-state index in [1.54, 1.807) is 11.3 Å². The number of hydrogen-bond acceptors (Lipinski definition) is 7. The lowest BCUT2D eigenvalue weighted by Crippen LogP contribution is -2.37. The van der Waals surface area contributed by atoms with Crippen LogP contribution in [0, 0.1) is 6.92 Å². The molecule has 0 bridgehead atoms. The van der Waals surface area contributed by atoms with Crippen molar-refractivity contribution in [2.24, 2.45) is 0 Å². The van der Waals surface area contributed by atoms with Gasteiger partial charge in [0.1, 0.15) is 27.6 Å². The van der Waals surface area contributed by atoms with E-state index in [-0.39, 0.29) is 12.5 Å². The number of carbonyl (C=O) groups is 1. The number of amides is 1. The molecule has 1 amide bonds. The lowest BCUT2D eigenvalue weighted by molar-refractivity contribution is -0.132. The van der Waals surface area contributed by atoms with Gasteiger partial charge in [-0.15, -0.1) is 21.5 Å². The summed E-state index contributed by atoms with van der Waals surface area (Å²) in [5, 5.41) is 19.1. The first-order valence-corrected chi connectivity index (χ1v) is 9.58. The second-order valence-electron chi connectivity index (χ2n) is 6.44. The number of nitrogens with zero attached hydrogens (tertiary/aromatic N) is 7. The van der Waals surface area contributed by atoms with Crippen molar-refractivity contribution in [2.45, 2.75) is 26.4 Å². The van der Waals surface area contributed by atoms with Gasteiger partial charge in [0.15, 0.2) is 0 Å². The van der Waals surface area contributed by atoms with Crippen LogP contribution in [0.15, 0.2) is 24.3 Å². The molecule has 1 aromatic carbocycles. The molecule has 1 aliphatic heterocycles. The Morgan fingerprint density at radius 3 is 2.54 bits per heavy atom. The Morgan fingerprint density at radius 1 is 1.08 bits per heavy atom. The average molecular weight is 371 g/mol. The molecule has 0 atom stereocenters. The topological polar surface area (TPSA) is 80.0 Å². The molecule has 9 heteroatoms. The smallest absolute Gasteiger partial charge is 0.246 e. The van der Waals surface area contributed by atoms with Gasteiger partial charge in [-0.2, -0.15) is 15.0 Å². The summed E-state index contributed by atoms with van der Waals surface area (Å²) in [7, 11) is 0. The van der Waals surface area contributed by atoms with Crippen LogP contribution in [0.4, 0.5) is 0 Å². The van der Waals surface area contributed by atoms with Crippen LogP contribution in [0.2, 0.25) is 0 Å². The van der Waals surface area contributed by atoms with E-state index >= 15 is 0 Å². The average Bonchev–Trinajstić information content (AvgIpc) is 3.14. The van der Waals surface area contributed by atoms with E-state index in [0.29, 0.717) is 0 Å². The molecule has 8 nitrogen and oxygen atoms in total. The first kappa shape index (κ1) is 17.0. The summed E-state index contributed by atoms with van der Waals surface area (Å²) in [5.41, 5.74) is 1.63. The predicted molar refractivity (Wildman–Crippen MR) is 98.6 cm³/mol. The molecule has 0 N–H and O–H groups in total. The second-order valence-corrected chi connectivity index (χ2v) is 7.71. The van der Waals surface area contributed by atoms with Crippen molar-refractivity contribution in [3.8, 4) is 0 Å². The first-order chi connectivity index (χ1) is 12.7. The summed E-state index contributed by atoms with van der Waals surface area (Å²) >= 11 is 1.63. The molecular weight excluding hydrogens is 350 g/mol. The Labute approximate surface area is 155 Å². The number of rotatable bonds is 4. The molecule has 26 heavy (non-hydrogen) atoms. The number of benzene rings is 1. The summed E-state index contributed by atoms with van der Waals surface area (Å²) in [6.45, 7) is 6.26. The second kappa shape index (κ2) is 7.46. The molecule has 1 aliphatic rings. The molecule has 1 fully saturated rings. The highest BCUT2D eigenvalue weighted by Crippen LogP contribution is 2.13. The molecule has 0 unspecified atom stereocenters. The molecule has 4 rings (SSSR count). The fraction of sp³-hybridized carbons (Fsp3) is 0.471. The van der Waals surface area contributed by atoms with E-state index in [2.05, 4.69) is 25.3 Å². The zero-order valence-corrected chi connectivity index (χ0v) is 15.5. The zero-order valence-electron chi connectivity index (χ0n) is 14.7. The summed E-state index contributed by atoms with van der Waals surface area (Å²) in [4.78, 5) is 18.4. The molecular formula is C17H21N7OS. The molecule has 0 radical (unpaired) electrons. The molecule has 3 aromatic rings. The van der Waals surface area contributed by atoms with E-state index in [1.807, 2.05) is 36.1 Å². The molecule has 0 spiro atoms. The highest BCUT2D eigenvalue weighted by atomic mass is 32.1. The molecule has 2 aromatic heterocycles. The van der Waals surface area contributed by atoms with Crippen molar-refractivity contribution in [3.63, 3.8) is 0 Å². The number of aryl methyl sites for hydroxylation is 1. The van der Waals surface area contributed by atoms with Gasteiger partial charge in [-0.3, -0.25) is 9.69 Å². The number of hydrogen-bond donors (Lipinski definition) is 0. The quantitative estimate of drug-likeness (QED) is 0.688.